The molecule has 0 bridgehead atoms. The molecule has 0 aromatic heterocycles. The molecule has 9 amide bonds. The van der Waals surface area contributed by atoms with Gasteiger partial charge in [0.15, 0.2) is 5.96 Å². The molecule has 0 aliphatic carbocycles. The molecule has 59 heavy (non-hydrogen) atoms. The molecule has 0 spiro atoms. The van der Waals surface area contributed by atoms with Crippen molar-refractivity contribution in [3.8, 4) is 0 Å². The van der Waals surface area contributed by atoms with Crippen LogP contribution in [0.2, 0.25) is 0 Å². The third-order valence-corrected chi connectivity index (χ3v) is 7.80. The molecule has 0 aliphatic heterocycles. The van der Waals surface area contributed by atoms with E-state index in [0.717, 1.165) is 0 Å². The number of carbonyl (C=O) groups is 10. The number of carbonyl (C=O) groups excluding carboxylic acids is 9. The zero-order valence-electron chi connectivity index (χ0n) is 33.1. The number of rotatable bonds is 31. The van der Waals surface area contributed by atoms with E-state index in [4.69, 9.17) is 33.1 Å². The number of nitrogens with two attached hydrogens (primary N) is 4. The summed E-state index contributed by atoms with van der Waals surface area (Å²) >= 11 is 0. The van der Waals surface area contributed by atoms with Gasteiger partial charge in [0, 0.05) is 20.0 Å². The van der Waals surface area contributed by atoms with E-state index >= 15 is 0 Å². The van der Waals surface area contributed by atoms with Gasteiger partial charge in [-0.1, -0.05) is 0 Å². The van der Waals surface area contributed by atoms with Gasteiger partial charge in [-0.15, -0.1) is 0 Å². The van der Waals surface area contributed by atoms with Gasteiger partial charge in [-0.3, -0.25) is 52.9 Å². The quantitative estimate of drug-likeness (QED) is 0.0175. The summed E-state index contributed by atoms with van der Waals surface area (Å²) in [6, 6.07) is -4.82. The van der Waals surface area contributed by atoms with Gasteiger partial charge in [-0.2, -0.15) is 0 Å². The summed E-state index contributed by atoms with van der Waals surface area (Å²) in [6.07, 6.45) is 2.14. The predicted octanol–water partition coefficient (Wildman–Crippen LogP) is -8.09. The molecule has 0 aromatic carbocycles. The fourth-order valence-corrected chi connectivity index (χ4v) is 4.77. The van der Waals surface area contributed by atoms with Crippen molar-refractivity contribution in [2.75, 3.05) is 59.0 Å². The Bertz CT molecular complexity index is 1460. The fraction of sp³-hybridized carbons (Fsp3) is 0.667. The molecule has 4 atom stereocenters. The number of amides is 9. The van der Waals surface area contributed by atoms with Crippen molar-refractivity contribution in [3.63, 3.8) is 0 Å². The highest BCUT2D eigenvalue weighted by Crippen LogP contribution is 2.03. The smallest absolute Gasteiger partial charge is 0.322 e. The molecule has 0 heterocycles. The van der Waals surface area contributed by atoms with Crippen molar-refractivity contribution in [2.24, 2.45) is 27.9 Å². The Balaban J connectivity index is 5.45. The van der Waals surface area contributed by atoms with Crippen molar-refractivity contribution in [2.45, 2.75) is 82.5 Å². The third kappa shape index (κ3) is 27.2. The Kier molecular flexibility index (Phi) is 27.7. The van der Waals surface area contributed by atoms with E-state index in [-0.39, 0.29) is 50.6 Å². The van der Waals surface area contributed by atoms with Crippen LogP contribution < -0.4 is 70.8 Å². The summed E-state index contributed by atoms with van der Waals surface area (Å²) < 4.78 is 0. The van der Waals surface area contributed by atoms with Crippen LogP contribution in [0.4, 0.5) is 0 Å². The summed E-state index contributed by atoms with van der Waals surface area (Å²) in [7, 11) is 0. The number of aliphatic carboxylic acids is 1. The van der Waals surface area contributed by atoms with Crippen LogP contribution in [0.25, 0.3) is 0 Å². The summed E-state index contributed by atoms with van der Waals surface area (Å²) in [5, 5.41) is 39.1. The van der Waals surface area contributed by atoms with Gasteiger partial charge < -0.3 is 81.0 Å². The number of aliphatic hydroxyl groups excluding tert-OH is 1. The zero-order valence-corrected chi connectivity index (χ0v) is 33.1. The van der Waals surface area contributed by atoms with Crippen molar-refractivity contribution in [1.82, 2.24) is 47.9 Å². The Morgan fingerprint density at radius 2 is 0.983 bits per heavy atom. The van der Waals surface area contributed by atoms with Crippen molar-refractivity contribution in [1.29, 1.82) is 0 Å². The summed E-state index contributed by atoms with van der Waals surface area (Å²) in [5.41, 5.74) is 21.5. The molecule has 0 fully saturated rings. The number of carboxylic acid groups (broad SMARTS) is 1. The fourth-order valence-electron chi connectivity index (χ4n) is 4.77. The lowest BCUT2D eigenvalue weighted by Gasteiger charge is -2.21. The molecule has 0 unspecified atom stereocenters. The number of guanidine groups is 1. The molecule has 0 aromatic rings. The zero-order chi connectivity index (χ0) is 44.8. The van der Waals surface area contributed by atoms with E-state index < -0.39 is 117 Å². The highest BCUT2D eigenvalue weighted by atomic mass is 16.4. The van der Waals surface area contributed by atoms with E-state index in [1.807, 2.05) is 0 Å². The summed E-state index contributed by atoms with van der Waals surface area (Å²) in [4.78, 5) is 127. The Morgan fingerprint density at radius 1 is 0.559 bits per heavy atom. The third-order valence-electron chi connectivity index (χ3n) is 7.80. The first-order chi connectivity index (χ1) is 27.9. The second kappa shape index (κ2) is 30.9. The molecule has 0 aliphatic rings. The number of carboxylic acids is 1. The maximum Gasteiger partial charge on any atom is 0.322 e. The highest BCUT2D eigenvalue weighted by molar-refractivity contribution is 5.95. The van der Waals surface area contributed by atoms with E-state index in [2.05, 4.69) is 52.8 Å². The van der Waals surface area contributed by atoms with Crippen molar-refractivity contribution < 1.29 is 58.2 Å². The van der Waals surface area contributed by atoms with E-state index in [9.17, 15) is 47.9 Å². The van der Waals surface area contributed by atoms with Gasteiger partial charge in [0.05, 0.1) is 32.8 Å². The van der Waals surface area contributed by atoms with E-state index in [1.165, 1.54) is 6.92 Å². The van der Waals surface area contributed by atoms with E-state index in [0.29, 0.717) is 32.2 Å². The molecular formula is C33H60N14O12. The number of aliphatic imine (C=N–C) groups is 1. The number of nitrogens with zero attached hydrogens (tertiary/aromatic N) is 1. The van der Waals surface area contributed by atoms with Crippen LogP contribution in [-0.2, 0) is 47.9 Å². The summed E-state index contributed by atoms with van der Waals surface area (Å²) in [5.74, 6) is -8.12. The van der Waals surface area contributed by atoms with Crippen LogP contribution in [0, 0.1) is 0 Å². The van der Waals surface area contributed by atoms with Gasteiger partial charge >= 0.3 is 5.97 Å². The second-order valence-corrected chi connectivity index (χ2v) is 12.9. The van der Waals surface area contributed by atoms with Crippen LogP contribution in [0.1, 0.15) is 58.3 Å². The number of unbranched alkanes of at least 4 members (excludes halogenated alkanes) is 2. The average molecular weight is 845 g/mol. The normalized spacial score (nSPS) is 12.5. The highest BCUT2D eigenvalue weighted by Gasteiger charge is 2.25. The predicted molar refractivity (Wildman–Crippen MR) is 209 cm³/mol. The lowest BCUT2D eigenvalue weighted by Crippen LogP contribution is -2.54. The van der Waals surface area contributed by atoms with Gasteiger partial charge in [0.2, 0.25) is 53.2 Å². The first-order valence-corrected chi connectivity index (χ1v) is 18.7. The number of hydrogen-bond donors (Lipinski definition) is 15. The average Bonchev–Trinajstić information content (AvgIpc) is 3.18. The first-order valence-electron chi connectivity index (χ1n) is 18.7. The van der Waals surface area contributed by atoms with Gasteiger partial charge in [0.25, 0.3) is 0 Å². The molecule has 334 valence electrons. The van der Waals surface area contributed by atoms with Crippen LogP contribution in [0.15, 0.2) is 4.99 Å². The lowest BCUT2D eigenvalue weighted by atomic mass is 10.1. The maximum absolute atomic E-state index is 13.1. The van der Waals surface area contributed by atoms with Crippen LogP contribution in [0.3, 0.4) is 0 Å². The topological polar surface area (TPSA) is 436 Å². The Labute approximate surface area is 340 Å². The Morgan fingerprint density at radius 3 is 1.42 bits per heavy atom. The van der Waals surface area contributed by atoms with Crippen LogP contribution in [-0.4, -0.2) is 158 Å². The molecule has 0 saturated heterocycles. The minimum atomic E-state index is -1.29. The van der Waals surface area contributed by atoms with Gasteiger partial charge in [-0.25, -0.2) is 0 Å². The van der Waals surface area contributed by atoms with Crippen molar-refractivity contribution >= 4 is 65.1 Å². The lowest BCUT2D eigenvalue weighted by molar-refractivity contribution is -0.138. The van der Waals surface area contributed by atoms with Crippen LogP contribution in [0.5, 0.6) is 0 Å². The monoisotopic (exact) mass is 844 g/mol. The summed E-state index contributed by atoms with van der Waals surface area (Å²) in [6.45, 7) is -1.77. The molecular weight excluding hydrogens is 784 g/mol. The molecule has 0 saturated carbocycles. The van der Waals surface area contributed by atoms with Gasteiger partial charge in [0.1, 0.15) is 30.7 Å². The first kappa shape index (κ1) is 52.8. The number of aliphatic hydroxyl groups is 1. The molecule has 26 nitrogen and oxygen atoms in total. The molecule has 0 radical (unpaired) electrons. The standard InChI is InChI=1S/C33H60N14O12/c1-19(49)38-11-5-3-8-22(30(57)42-13-24(50)40-14-25(51)45-21(7-2-4-10-34)32(59)44-17-28(54)55)46-27(53)16-43-31(58)23(9-6-12-39-33(36)37)47-26(52)15-41-29(56)20(35)18-48/h20-23,48H,2-18,34-35H2,1H3,(H,38,49)(H,40,50)(H,41,56)(H,42,57)(H,43,58)(H,44,59)(H,45,51)(H,46,53)(H,47,52)(H,54,55)(H4,36,37,39)/t20-,21-,22-,23-/m0/s1. The Hall–Kier alpha value is -6.15. The minimum absolute atomic E-state index is 0.000620. The molecule has 0 rings (SSSR count). The number of nitrogens with one attached hydrogen (secondary N) is 9. The minimum Gasteiger partial charge on any atom is -0.480 e. The largest absolute Gasteiger partial charge is 0.480 e. The molecule has 26 heteroatoms. The van der Waals surface area contributed by atoms with E-state index in [1.54, 1.807) is 0 Å². The second-order valence-electron chi connectivity index (χ2n) is 12.9. The van der Waals surface area contributed by atoms with Crippen molar-refractivity contribution in [3.05, 3.63) is 0 Å². The van der Waals surface area contributed by atoms with Crippen LogP contribution >= 0.6 is 0 Å². The maximum atomic E-state index is 13.1. The molecule has 19 N–H and O–H groups in total. The number of hydrogen-bond acceptors (Lipinski definition) is 14. The van der Waals surface area contributed by atoms with Gasteiger partial charge in [-0.05, 0) is 57.9 Å². The SMILES string of the molecule is CC(=O)NCCCC[C@H](NC(=O)CNC(=O)[C@H](CCCN=C(N)N)NC(=O)CNC(=O)[C@@H](N)CO)C(=O)NCC(=O)NCC(=O)N[C@@H](CCCCN)C(=O)NCC(=O)O.